The summed E-state index contributed by atoms with van der Waals surface area (Å²) >= 11 is 0. The molecule has 4 aromatic rings. The van der Waals surface area contributed by atoms with Crippen LogP contribution in [0.2, 0.25) is 0 Å². The fraction of sp³-hybridized carbons (Fsp3) is 0.200. The summed E-state index contributed by atoms with van der Waals surface area (Å²) in [6.07, 6.45) is 4.13. The maximum Gasteiger partial charge on any atom is 0.274 e. The Morgan fingerprint density at radius 1 is 1.17 bits per heavy atom. The number of benzene rings is 2. The van der Waals surface area contributed by atoms with E-state index in [0.717, 1.165) is 16.8 Å². The molecule has 0 fully saturated rings. The molecule has 2 heterocycles. The van der Waals surface area contributed by atoms with Crippen LogP contribution in [0.15, 0.2) is 66.1 Å². The Kier molecular flexibility index (Phi) is 4.67. The first-order valence-corrected chi connectivity index (χ1v) is 8.87. The number of fused-ring (bicyclic) bond motifs is 1. The van der Waals surface area contributed by atoms with Gasteiger partial charge in [-0.1, -0.05) is 24.3 Å². The number of halogens is 2. The summed E-state index contributed by atoms with van der Waals surface area (Å²) in [5.41, 5.74) is -2.58. The molecule has 9 heteroatoms. The fourth-order valence-electron chi connectivity index (χ4n) is 3.43. The van der Waals surface area contributed by atoms with Gasteiger partial charge in [-0.25, -0.2) is 23.1 Å². The molecule has 7 nitrogen and oxygen atoms in total. The van der Waals surface area contributed by atoms with Gasteiger partial charge in [-0.3, -0.25) is 4.79 Å². The molecule has 0 spiro atoms. The van der Waals surface area contributed by atoms with Gasteiger partial charge in [-0.05, 0) is 19.1 Å². The van der Waals surface area contributed by atoms with Crippen molar-refractivity contribution >= 4 is 10.8 Å². The highest BCUT2D eigenvalue weighted by Gasteiger charge is 2.41. The summed E-state index contributed by atoms with van der Waals surface area (Å²) in [4.78, 5) is 16.8. The predicted octanol–water partition coefficient (Wildman–Crippen LogP) is 2.42. The lowest BCUT2D eigenvalue weighted by atomic mass is 9.86. The number of nitrogens with zero attached hydrogens (tertiary/aromatic N) is 5. The fourth-order valence-corrected chi connectivity index (χ4v) is 3.43. The van der Waals surface area contributed by atoms with E-state index in [4.69, 9.17) is 0 Å². The SMILES string of the molecule is C[C@@H](n1ncc2ccccc2c1=O)[C@](O)(Cn1cncn1)c1ccc(F)cc1F. The van der Waals surface area contributed by atoms with E-state index in [1.54, 1.807) is 31.2 Å². The minimum atomic E-state index is -1.97. The highest BCUT2D eigenvalue weighted by Crippen LogP contribution is 2.35. The maximum absolute atomic E-state index is 14.7. The Hall–Kier alpha value is -3.46. The van der Waals surface area contributed by atoms with E-state index in [9.17, 15) is 18.7 Å². The van der Waals surface area contributed by atoms with Crippen LogP contribution in [0.4, 0.5) is 8.78 Å². The molecule has 2 aromatic carbocycles. The van der Waals surface area contributed by atoms with Crippen molar-refractivity contribution in [2.45, 2.75) is 25.1 Å². The number of rotatable bonds is 5. The van der Waals surface area contributed by atoms with E-state index < -0.39 is 28.8 Å². The summed E-state index contributed by atoms with van der Waals surface area (Å²) in [5, 5.41) is 20.8. The summed E-state index contributed by atoms with van der Waals surface area (Å²) in [7, 11) is 0. The summed E-state index contributed by atoms with van der Waals surface area (Å²) < 4.78 is 30.5. The molecule has 0 aliphatic carbocycles. The van der Waals surface area contributed by atoms with Crippen molar-refractivity contribution in [2.24, 2.45) is 0 Å². The number of aliphatic hydroxyl groups is 1. The Balaban J connectivity index is 1.89. The van der Waals surface area contributed by atoms with Gasteiger partial charge in [0.1, 0.15) is 29.9 Å². The third-order valence-electron chi connectivity index (χ3n) is 5.05. The van der Waals surface area contributed by atoms with Crippen LogP contribution in [-0.4, -0.2) is 29.7 Å². The smallest absolute Gasteiger partial charge is 0.274 e. The van der Waals surface area contributed by atoms with Crippen LogP contribution in [0.5, 0.6) is 0 Å². The molecule has 0 saturated heterocycles. The molecular formula is C20H17F2N5O2. The minimum Gasteiger partial charge on any atom is -0.381 e. The van der Waals surface area contributed by atoms with Crippen molar-refractivity contribution < 1.29 is 13.9 Å². The lowest BCUT2D eigenvalue weighted by Crippen LogP contribution is -2.44. The summed E-state index contributed by atoms with van der Waals surface area (Å²) in [5.74, 6) is -1.71. The lowest BCUT2D eigenvalue weighted by Gasteiger charge is -2.35. The second-order valence-corrected chi connectivity index (χ2v) is 6.80. The molecule has 0 unspecified atom stereocenters. The van der Waals surface area contributed by atoms with Gasteiger partial charge in [-0.2, -0.15) is 10.2 Å². The molecule has 0 radical (unpaired) electrons. The number of hydrogen-bond acceptors (Lipinski definition) is 5. The normalized spacial score (nSPS) is 14.6. The van der Waals surface area contributed by atoms with E-state index in [0.29, 0.717) is 16.8 Å². The monoisotopic (exact) mass is 397 g/mol. The van der Waals surface area contributed by atoms with Crippen LogP contribution in [0, 0.1) is 11.6 Å². The third-order valence-corrected chi connectivity index (χ3v) is 5.05. The third kappa shape index (κ3) is 3.29. The van der Waals surface area contributed by atoms with Gasteiger partial charge in [0.05, 0.1) is 24.2 Å². The lowest BCUT2D eigenvalue weighted by molar-refractivity contribution is -0.0382. The standard InChI is InChI=1S/C20H17F2N5O2/c1-13(27-19(28)16-5-3-2-4-14(16)9-24-27)20(29,10-26-12-23-11-25-26)17-7-6-15(21)8-18(17)22/h2-9,11-13,29H,10H2,1H3/t13-,20-/m1/s1. The molecule has 1 N–H and O–H groups in total. The summed E-state index contributed by atoms with van der Waals surface area (Å²) in [6, 6.07) is 8.79. The molecule has 0 bridgehead atoms. The number of hydrogen-bond donors (Lipinski definition) is 1. The van der Waals surface area contributed by atoms with Gasteiger partial charge < -0.3 is 5.11 Å². The Bertz CT molecular complexity index is 1230. The Labute approximate surface area is 163 Å². The van der Waals surface area contributed by atoms with E-state index in [1.165, 1.54) is 23.5 Å². The quantitative estimate of drug-likeness (QED) is 0.559. The van der Waals surface area contributed by atoms with Crippen LogP contribution >= 0.6 is 0 Å². The van der Waals surface area contributed by atoms with Gasteiger partial charge in [-0.15, -0.1) is 0 Å². The molecule has 0 aliphatic rings. The molecule has 2 aromatic heterocycles. The van der Waals surface area contributed by atoms with Crippen molar-refractivity contribution in [1.29, 1.82) is 0 Å². The van der Waals surface area contributed by atoms with Crippen molar-refractivity contribution in [2.75, 3.05) is 0 Å². The highest BCUT2D eigenvalue weighted by atomic mass is 19.1. The van der Waals surface area contributed by atoms with Crippen LogP contribution < -0.4 is 5.56 Å². The average Bonchev–Trinajstić information content (AvgIpc) is 3.20. The largest absolute Gasteiger partial charge is 0.381 e. The Morgan fingerprint density at radius 2 is 1.97 bits per heavy atom. The van der Waals surface area contributed by atoms with Gasteiger partial charge in [0, 0.05) is 17.0 Å². The molecule has 0 aliphatic heterocycles. The second-order valence-electron chi connectivity index (χ2n) is 6.80. The van der Waals surface area contributed by atoms with E-state index in [2.05, 4.69) is 15.2 Å². The van der Waals surface area contributed by atoms with Gasteiger partial charge in [0.2, 0.25) is 0 Å². The van der Waals surface area contributed by atoms with Crippen LogP contribution in [0.1, 0.15) is 18.5 Å². The molecular weight excluding hydrogens is 380 g/mol. The number of aromatic nitrogens is 5. The maximum atomic E-state index is 14.7. The van der Waals surface area contributed by atoms with E-state index in [1.807, 2.05) is 0 Å². The zero-order chi connectivity index (χ0) is 20.6. The first-order valence-electron chi connectivity index (χ1n) is 8.87. The van der Waals surface area contributed by atoms with E-state index >= 15 is 0 Å². The zero-order valence-electron chi connectivity index (χ0n) is 15.4. The van der Waals surface area contributed by atoms with Crippen LogP contribution in [0.3, 0.4) is 0 Å². The van der Waals surface area contributed by atoms with Crippen LogP contribution in [-0.2, 0) is 12.1 Å². The predicted molar refractivity (Wildman–Crippen MR) is 101 cm³/mol. The first kappa shape index (κ1) is 18.9. The van der Waals surface area contributed by atoms with Gasteiger partial charge >= 0.3 is 0 Å². The molecule has 0 saturated carbocycles. The second kappa shape index (κ2) is 7.17. The molecule has 29 heavy (non-hydrogen) atoms. The van der Waals surface area contributed by atoms with Crippen molar-refractivity contribution in [3.8, 4) is 0 Å². The summed E-state index contributed by atoms with van der Waals surface area (Å²) in [6.45, 7) is 1.32. The molecule has 4 rings (SSSR count). The highest BCUT2D eigenvalue weighted by molar-refractivity contribution is 5.80. The molecule has 0 amide bonds. The van der Waals surface area contributed by atoms with Crippen molar-refractivity contribution in [1.82, 2.24) is 24.5 Å². The topological polar surface area (TPSA) is 85.8 Å². The molecule has 2 atom stereocenters. The van der Waals surface area contributed by atoms with Crippen molar-refractivity contribution in [3.63, 3.8) is 0 Å². The van der Waals surface area contributed by atoms with Gasteiger partial charge in [0.15, 0.2) is 0 Å². The zero-order valence-corrected chi connectivity index (χ0v) is 15.4. The van der Waals surface area contributed by atoms with E-state index in [-0.39, 0.29) is 12.1 Å². The molecule has 148 valence electrons. The average molecular weight is 397 g/mol. The minimum absolute atomic E-state index is 0.177. The van der Waals surface area contributed by atoms with Crippen molar-refractivity contribution in [3.05, 3.63) is 88.9 Å². The van der Waals surface area contributed by atoms with Gasteiger partial charge in [0.25, 0.3) is 5.56 Å². The first-order chi connectivity index (χ1) is 13.9. The van der Waals surface area contributed by atoms with Crippen LogP contribution in [0.25, 0.3) is 10.8 Å². The Morgan fingerprint density at radius 3 is 2.69 bits per heavy atom.